The third kappa shape index (κ3) is 2.66. The van der Waals surface area contributed by atoms with Crippen LogP contribution in [0.2, 0.25) is 0 Å². The van der Waals surface area contributed by atoms with Gasteiger partial charge in [0.2, 0.25) is 0 Å². The van der Waals surface area contributed by atoms with E-state index in [1.807, 2.05) is 6.08 Å². The van der Waals surface area contributed by atoms with Gasteiger partial charge in [-0.3, -0.25) is 4.79 Å². The number of rotatable bonds is 4. The van der Waals surface area contributed by atoms with Crippen molar-refractivity contribution in [2.45, 2.75) is 58.7 Å². The van der Waals surface area contributed by atoms with Gasteiger partial charge in [0.1, 0.15) is 35.1 Å². The normalized spacial score (nSPS) is 36.2. The molecule has 0 bridgehead atoms. The maximum absolute atomic E-state index is 12.9. The highest BCUT2D eigenvalue weighted by Gasteiger charge is 2.73. The summed E-state index contributed by atoms with van der Waals surface area (Å²) in [4.78, 5) is 25.0. The summed E-state index contributed by atoms with van der Waals surface area (Å²) in [6.45, 7) is 8.27. The summed E-state index contributed by atoms with van der Waals surface area (Å²) in [7, 11) is 1.57. The van der Waals surface area contributed by atoms with Gasteiger partial charge in [-0.1, -0.05) is 26.8 Å². The number of aromatic hydroxyl groups is 2. The highest BCUT2D eigenvalue weighted by atomic mass is 16.6. The molecule has 0 aromatic heterocycles. The second kappa shape index (κ2) is 6.58. The van der Waals surface area contributed by atoms with Gasteiger partial charge in [0.25, 0.3) is 0 Å². The highest BCUT2D eigenvalue weighted by molar-refractivity contribution is 5.94. The molecule has 30 heavy (non-hydrogen) atoms. The Balaban J connectivity index is 1.69. The monoisotopic (exact) mass is 414 g/mol. The molecular formula is C24H30O6. The molecule has 0 radical (unpaired) electrons. The zero-order chi connectivity index (χ0) is 22.1. The Labute approximate surface area is 176 Å². The lowest BCUT2D eigenvalue weighted by Gasteiger charge is -2.66. The van der Waals surface area contributed by atoms with Crippen LogP contribution in [-0.4, -0.2) is 41.3 Å². The average Bonchev–Trinajstić information content (AvgIpc) is 2.94. The number of hydrogen-bond donors (Lipinski definition) is 2. The quantitative estimate of drug-likeness (QED) is 0.573. The Bertz CT molecular complexity index is 924. The number of methoxy groups -OCH3 is 1. The standard InChI is InChI=1S/C24H30O6/c1-13-6-16(26)8-18(27)20(13)21(28)30-19-11-23(4)17-10-22(2,3)9-14(17)7-15(12-25)24(19,23)29-5/h6-8,12,14,17,19,26-27H,9-11H2,1-5H3/t14?,17-,19+,23+,24?/m1/s1. The van der Waals surface area contributed by atoms with Crippen LogP contribution >= 0.6 is 0 Å². The third-order valence-corrected chi connectivity index (χ3v) is 7.83. The fourth-order valence-electron chi connectivity index (χ4n) is 6.63. The van der Waals surface area contributed by atoms with E-state index in [2.05, 4.69) is 20.8 Å². The molecule has 0 amide bonds. The number of aldehydes is 1. The lowest BCUT2D eigenvalue weighted by molar-refractivity contribution is -0.259. The molecule has 0 saturated heterocycles. The third-order valence-electron chi connectivity index (χ3n) is 7.83. The molecule has 6 nitrogen and oxygen atoms in total. The molecule has 0 spiro atoms. The summed E-state index contributed by atoms with van der Waals surface area (Å²) >= 11 is 0. The van der Waals surface area contributed by atoms with E-state index in [9.17, 15) is 19.8 Å². The first-order valence-corrected chi connectivity index (χ1v) is 10.5. The van der Waals surface area contributed by atoms with Gasteiger partial charge in [-0.15, -0.1) is 0 Å². The zero-order valence-corrected chi connectivity index (χ0v) is 18.2. The number of fused-ring (bicyclic) bond motifs is 3. The first-order valence-electron chi connectivity index (χ1n) is 10.5. The van der Waals surface area contributed by atoms with Crippen LogP contribution in [0.1, 0.15) is 56.0 Å². The summed E-state index contributed by atoms with van der Waals surface area (Å²) in [5.74, 6) is -0.492. The van der Waals surface area contributed by atoms with Crippen molar-refractivity contribution in [3.05, 3.63) is 34.9 Å². The van der Waals surface area contributed by atoms with Crippen LogP contribution < -0.4 is 0 Å². The van der Waals surface area contributed by atoms with Crippen LogP contribution in [0.3, 0.4) is 0 Å². The van der Waals surface area contributed by atoms with Crippen molar-refractivity contribution in [3.8, 4) is 11.5 Å². The number of phenols is 2. The maximum Gasteiger partial charge on any atom is 0.342 e. The second-order valence-electron chi connectivity index (χ2n) is 10.2. The molecule has 2 N–H and O–H groups in total. The topological polar surface area (TPSA) is 93.1 Å². The van der Waals surface area contributed by atoms with Crippen LogP contribution in [0.25, 0.3) is 0 Å². The van der Waals surface area contributed by atoms with Crippen molar-refractivity contribution in [3.63, 3.8) is 0 Å². The second-order valence-corrected chi connectivity index (χ2v) is 10.2. The first kappa shape index (κ1) is 20.9. The molecule has 3 aliphatic carbocycles. The van der Waals surface area contributed by atoms with Gasteiger partial charge >= 0.3 is 5.97 Å². The molecule has 2 fully saturated rings. The molecule has 3 aliphatic rings. The Kier molecular flexibility index (Phi) is 4.59. The largest absolute Gasteiger partial charge is 0.508 e. The molecular weight excluding hydrogens is 384 g/mol. The maximum atomic E-state index is 12.9. The summed E-state index contributed by atoms with van der Waals surface area (Å²) in [5.41, 5.74) is -0.154. The predicted octanol–water partition coefficient (Wildman–Crippen LogP) is 3.92. The number of carbonyl (C=O) groups is 2. The Morgan fingerprint density at radius 3 is 2.47 bits per heavy atom. The minimum absolute atomic E-state index is 0.0139. The van der Waals surface area contributed by atoms with Crippen LogP contribution in [0.15, 0.2) is 23.8 Å². The van der Waals surface area contributed by atoms with E-state index in [4.69, 9.17) is 9.47 Å². The summed E-state index contributed by atoms with van der Waals surface area (Å²) in [5, 5.41) is 19.8. The molecule has 1 aromatic carbocycles. The van der Waals surface area contributed by atoms with E-state index < -0.39 is 17.7 Å². The van der Waals surface area contributed by atoms with Gasteiger partial charge in [-0.05, 0) is 55.1 Å². The van der Waals surface area contributed by atoms with Crippen molar-refractivity contribution in [1.82, 2.24) is 0 Å². The van der Waals surface area contributed by atoms with Crippen molar-refractivity contribution in [2.24, 2.45) is 22.7 Å². The number of carbonyl (C=O) groups excluding carboxylic acids is 2. The molecule has 162 valence electrons. The van der Waals surface area contributed by atoms with Crippen LogP contribution in [0, 0.1) is 29.6 Å². The highest BCUT2D eigenvalue weighted by Crippen LogP contribution is 2.69. The average molecular weight is 414 g/mol. The van der Waals surface area contributed by atoms with E-state index >= 15 is 0 Å². The van der Waals surface area contributed by atoms with Crippen molar-refractivity contribution in [1.29, 1.82) is 0 Å². The smallest absolute Gasteiger partial charge is 0.342 e. The molecule has 2 unspecified atom stereocenters. The number of benzene rings is 1. The van der Waals surface area contributed by atoms with Crippen molar-refractivity contribution >= 4 is 12.3 Å². The van der Waals surface area contributed by atoms with Gasteiger partial charge in [0.05, 0.1) is 0 Å². The van der Waals surface area contributed by atoms with Gasteiger partial charge in [0, 0.05) is 24.2 Å². The number of aryl methyl sites for hydroxylation is 1. The van der Waals surface area contributed by atoms with Crippen LogP contribution in [-0.2, 0) is 14.3 Å². The zero-order valence-electron chi connectivity index (χ0n) is 18.2. The molecule has 0 aliphatic heterocycles. The predicted molar refractivity (Wildman–Crippen MR) is 110 cm³/mol. The lowest BCUT2D eigenvalue weighted by Crippen LogP contribution is -2.73. The first-order chi connectivity index (χ1) is 14.0. The van der Waals surface area contributed by atoms with Gasteiger partial charge in [0.15, 0.2) is 0 Å². The number of ether oxygens (including phenoxy) is 2. The summed E-state index contributed by atoms with van der Waals surface area (Å²) < 4.78 is 11.8. The van der Waals surface area contributed by atoms with Gasteiger partial charge < -0.3 is 19.7 Å². The van der Waals surface area contributed by atoms with Crippen LogP contribution in [0.4, 0.5) is 0 Å². The SMILES string of the molecule is COC12C(C=O)=CC3CC(C)(C)C[C@H]3[C@]1(C)C[C@@H]2OC(=O)c1c(C)cc(O)cc1O. The van der Waals surface area contributed by atoms with E-state index in [0.29, 0.717) is 29.4 Å². The summed E-state index contributed by atoms with van der Waals surface area (Å²) in [6.07, 6.45) is 4.88. The molecule has 1 aromatic rings. The number of allylic oxidation sites excluding steroid dienone is 1. The molecule has 0 heterocycles. The van der Waals surface area contributed by atoms with E-state index in [-0.39, 0.29) is 27.9 Å². The van der Waals surface area contributed by atoms with Crippen molar-refractivity contribution in [2.75, 3.05) is 7.11 Å². The van der Waals surface area contributed by atoms with Crippen LogP contribution in [0.5, 0.6) is 11.5 Å². The fraction of sp³-hybridized carbons (Fsp3) is 0.583. The van der Waals surface area contributed by atoms with E-state index in [1.54, 1.807) is 14.0 Å². The number of hydrogen-bond acceptors (Lipinski definition) is 6. The van der Waals surface area contributed by atoms with E-state index in [0.717, 1.165) is 25.2 Å². The fourth-order valence-corrected chi connectivity index (χ4v) is 6.63. The lowest BCUT2D eigenvalue weighted by atomic mass is 9.44. The Morgan fingerprint density at radius 1 is 1.17 bits per heavy atom. The molecule has 4 rings (SSSR count). The van der Waals surface area contributed by atoms with Gasteiger partial charge in [-0.2, -0.15) is 0 Å². The summed E-state index contributed by atoms with van der Waals surface area (Å²) in [6, 6.07) is 2.51. The Hall–Kier alpha value is -2.34. The minimum atomic E-state index is -0.994. The van der Waals surface area contributed by atoms with E-state index in [1.165, 1.54) is 6.07 Å². The van der Waals surface area contributed by atoms with Crippen molar-refractivity contribution < 1.29 is 29.3 Å². The molecule has 2 saturated carbocycles. The number of esters is 1. The Morgan fingerprint density at radius 2 is 1.87 bits per heavy atom. The minimum Gasteiger partial charge on any atom is -0.508 e. The van der Waals surface area contributed by atoms with Gasteiger partial charge in [-0.25, -0.2) is 4.79 Å². The molecule has 5 atom stereocenters. The number of phenolic OH excluding ortho intramolecular Hbond substituents is 2. The molecule has 6 heteroatoms.